The number of rotatable bonds is 5. The highest BCUT2D eigenvalue weighted by Gasteiger charge is 2.48. The molecular weight excluding hydrogens is 260 g/mol. The molecule has 4 heteroatoms. The number of hydrogen-bond acceptors (Lipinski definition) is 2. The lowest BCUT2D eigenvalue weighted by atomic mass is 9.85. The van der Waals surface area contributed by atoms with Gasteiger partial charge in [-0.1, -0.05) is 32.1 Å². The van der Waals surface area contributed by atoms with Crippen molar-refractivity contribution >= 4 is 18.3 Å². The molecule has 0 spiro atoms. The first-order chi connectivity index (χ1) is 8.79. The third kappa shape index (κ3) is 3.63. The van der Waals surface area contributed by atoms with E-state index in [0.717, 1.165) is 12.3 Å². The Morgan fingerprint density at radius 2 is 1.84 bits per heavy atom. The molecule has 0 saturated heterocycles. The third-order valence-corrected chi connectivity index (χ3v) is 5.20. The van der Waals surface area contributed by atoms with E-state index in [2.05, 4.69) is 5.32 Å². The first kappa shape index (κ1) is 15.1. The second-order valence-corrected chi connectivity index (χ2v) is 6.59. The minimum Gasteiger partial charge on any atom is -0.352 e. The molecule has 3 unspecified atom stereocenters. The Kier molecular flexibility index (Phi) is 5.13. The molecule has 0 aliphatic heterocycles. The molecule has 19 heavy (non-hydrogen) atoms. The van der Waals surface area contributed by atoms with Crippen LogP contribution in [0.3, 0.4) is 0 Å². The van der Waals surface area contributed by atoms with E-state index in [1.807, 2.05) is 0 Å². The molecule has 3 atom stereocenters. The highest BCUT2D eigenvalue weighted by atomic mass is 35.5. The summed E-state index contributed by atoms with van der Waals surface area (Å²) in [6, 6.07) is 0.255. The van der Waals surface area contributed by atoms with Crippen LogP contribution in [0.15, 0.2) is 0 Å². The van der Waals surface area contributed by atoms with Gasteiger partial charge in [-0.05, 0) is 37.0 Å². The summed E-state index contributed by atoms with van der Waals surface area (Å²) in [5.41, 5.74) is 5.75. The number of carbonyl (C=O) groups excluding carboxylic acids is 1. The Balaban J connectivity index is 0.00000133. The van der Waals surface area contributed by atoms with Gasteiger partial charge in [-0.2, -0.15) is 0 Å². The van der Waals surface area contributed by atoms with Crippen molar-refractivity contribution in [2.75, 3.05) is 6.54 Å². The Morgan fingerprint density at radius 3 is 2.42 bits per heavy atom. The molecule has 0 bridgehead atoms. The van der Waals surface area contributed by atoms with E-state index in [-0.39, 0.29) is 18.4 Å². The summed E-state index contributed by atoms with van der Waals surface area (Å²) in [6.07, 6.45) is 10.5. The van der Waals surface area contributed by atoms with Crippen molar-refractivity contribution in [1.82, 2.24) is 5.32 Å². The van der Waals surface area contributed by atoms with Gasteiger partial charge < -0.3 is 11.1 Å². The predicted molar refractivity (Wildman–Crippen MR) is 79.1 cm³/mol. The van der Waals surface area contributed by atoms with E-state index in [1.54, 1.807) is 0 Å². The molecule has 3 aliphatic rings. The van der Waals surface area contributed by atoms with Crippen LogP contribution in [0.2, 0.25) is 0 Å². The zero-order valence-electron chi connectivity index (χ0n) is 11.6. The van der Waals surface area contributed by atoms with E-state index in [9.17, 15) is 4.79 Å². The van der Waals surface area contributed by atoms with E-state index < -0.39 is 0 Å². The topological polar surface area (TPSA) is 55.1 Å². The van der Waals surface area contributed by atoms with Gasteiger partial charge in [0.15, 0.2) is 0 Å². The maximum atomic E-state index is 12.2. The minimum absolute atomic E-state index is 0. The molecule has 3 aliphatic carbocycles. The van der Waals surface area contributed by atoms with Crippen LogP contribution < -0.4 is 11.1 Å². The number of halogens is 1. The molecule has 0 aromatic heterocycles. The van der Waals surface area contributed by atoms with E-state index >= 15 is 0 Å². The summed E-state index contributed by atoms with van der Waals surface area (Å²) in [4.78, 5) is 12.2. The van der Waals surface area contributed by atoms with Gasteiger partial charge in [0.1, 0.15) is 0 Å². The second-order valence-electron chi connectivity index (χ2n) is 6.59. The molecule has 3 N–H and O–H groups in total. The summed E-state index contributed by atoms with van der Waals surface area (Å²) in [5.74, 6) is 2.83. The monoisotopic (exact) mass is 286 g/mol. The molecule has 0 radical (unpaired) electrons. The van der Waals surface area contributed by atoms with E-state index in [1.165, 1.54) is 44.9 Å². The van der Waals surface area contributed by atoms with Crippen molar-refractivity contribution in [2.24, 2.45) is 29.4 Å². The van der Waals surface area contributed by atoms with Gasteiger partial charge in [-0.25, -0.2) is 0 Å². The number of carbonyl (C=O) groups is 1. The molecule has 3 fully saturated rings. The van der Waals surface area contributed by atoms with Crippen molar-refractivity contribution < 1.29 is 4.79 Å². The van der Waals surface area contributed by atoms with Crippen LogP contribution in [0.4, 0.5) is 0 Å². The Bertz CT molecular complexity index is 313. The van der Waals surface area contributed by atoms with E-state index in [0.29, 0.717) is 30.2 Å². The summed E-state index contributed by atoms with van der Waals surface area (Å²) >= 11 is 0. The normalized spacial score (nSPS) is 32.3. The van der Waals surface area contributed by atoms with Gasteiger partial charge in [-0.3, -0.25) is 4.79 Å². The van der Waals surface area contributed by atoms with Crippen LogP contribution in [-0.2, 0) is 4.79 Å². The minimum atomic E-state index is 0. The van der Waals surface area contributed by atoms with Crippen molar-refractivity contribution in [1.29, 1.82) is 0 Å². The molecule has 0 heterocycles. The highest BCUT2D eigenvalue weighted by Crippen LogP contribution is 2.49. The second kappa shape index (κ2) is 6.45. The molecule has 110 valence electrons. The molecule has 1 amide bonds. The smallest absolute Gasteiger partial charge is 0.223 e. The van der Waals surface area contributed by atoms with Crippen LogP contribution in [0.1, 0.15) is 51.4 Å². The standard InChI is InChI=1S/C15H26N2O.ClH/c16-9-14(11-6-7-11)17-15(18)13-8-12(13)10-4-2-1-3-5-10;/h10-14H,1-9,16H2,(H,17,18);1H. The lowest BCUT2D eigenvalue weighted by Crippen LogP contribution is -2.42. The van der Waals surface area contributed by atoms with Gasteiger partial charge >= 0.3 is 0 Å². The van der Waals surface area contributed by atoms with Crippen LogP contribution in [0.5, 0.6) is 0 Å². The number of nitrogens with one attached hydrogen (secondary N) is 1. The van der Waals surface area contributed by atoms with Crippen LogP contribution >= 0.6 is 12.4 Å². The summed E-state index contributed by atoms with van der Waals surface area (Å²) in [5, 5.41) is 3.20. The Hall–Kier alpha value is -0.280. The fourth-order valence-corrected chi connectivity index (χ4v) is 3.76. The average molecular weight is 287 g/mol. The maximum Gasteiger partial charge on any atom is 0.223 e. The van der Waals surface area contributed by atoms with Crippen LogP contribution in [-0.4, -0.2) is 18.5 Å². The summed E-state index contributed by atoms with van der Waals surface area (Å²) in [7, 11) is 0. The highest BCUT2D eigenvalue weighted by molar-refractivity contribution is 5.85. The lowest BCUT2D eigenvalue weighted by molar-refractivity contribution is -0.123. The zero-order valence-corrected chi connectivity index (χ0v) is 12.5. The number of amides is 1. The van der Waals surface area contributed by atoms with Gasteiger partial charge in [-0.15, -0.1) is 12.4 Å². The van der Waals surface area contributed by atoms with Crippen LogP contribution in [0.25, 0.3) is 0 Å². The first-order valence-corrected chi connectivity index (χ1v) is 7.80. The summed E-state index contributed by atoms with van der Waals surface area (Å²) < 4.78 is 0. The number of hydrogen-bond donors (Lipinski definition) is 2. The Morgan fingerprint density at radius 1 is 1.16 bits per heavy atom. The Labute approximate surface area is 122 Å². The molecule has 3 rings (SSSR count). The van der Waals surface area contributed by atoms with Crippen molar-refractivity contribution in [3.63, 3.8) is 0 Å². The lowest BCUT2D eigenvalue weighted by Gasteiger charge is -2.22. The average Bonchev–Trinajstić information content (AvgIpc) is 3.29. The largest absolute Gasteiger partial charge is 0.352 e. The number of nitrogens with two attached hydrogens (primary N) is 1. The molecule has 3 saturated carbocycles. The van der Waals surface area contributed by atoms with Crippen LogP contribution in [0, 0.1) is 23.7 Å². The van der Waals surface area contributed by atoms with Crippen molar-refractivity contribution in [2.45, 2.75) is 57.4 Å². The predicted octanol–water partition coefficient (Wildman–Crippen LogP) is 2.48. The molecule has 0 aromatic rings. The summed E-state index contributed by atoms with van der Waals surface area (Å²) in [6.45, 7) is 0.608. The fraction of sp³-hybridized carbons (Fsp3) is 0.933. The fourth-order valence-electron chi connectivity index (χ4n) is 3.76. The quantitative estimate of drug-likeness (QED) is 0.816. The first-order valence-electron chi connectivity index (χ1n) is 7.80. The van der Waals surface area contributed by atoms with Gasteiger partial charge in [0.2, 0.25) is 5.91 Å². The molecule has 3 nitrogen and oxygen atoms in total. The molecular formula is C15H27ClN2O. The van der Waals surface area contributed by atoms with Gasteiger partial charge in [0.05, 0.1) is 0 Å². The van der Waals surface area contributed by atoms with Crippen molar-refractivity contribution in [3.05, 3.63) is 0 Å². The van der Waals surface area contributed by atoms with E-state index in [4.69, 9.17) is 5.73 Å². The van der Waals surface area contributed by atoms with Crippen molar-refractivity contribution in [3.8, 4) is 0 Å². The maximum absolute atomic E-state index is 12.2. The van der Waals surface area contributed by atoms with Gasteiger partial charge in [0.25, 0.3) is 0 Å². The SMILES string of the molecule is Cl.NCC(NC(=O)C1CC1C1CCCCC1)C1CC1. The zero-order chi connectivity index (χ0) is 12.5. The third-order valence-electron chi connectivity index (χ3n) is 5.20. The van der Waals surface area contributed by atoms with Gasteiger partial charge in [0, 0.05) is 18.5 Å². The molecule has 0 aromatic carbocycles.